The van der Waals surface area contributed by atoms with E-state index in [1.165, 1.54) is 48.5 Å². The third kappa shape index (κ3) is 2.94. The Kier molecular flexibility index (Phi) is 3.70. The molecule has 20 heavy (non-hydrogen) atoms. The van der Waals surface area contributed by atoms with E-state index in [2.05, 4.69) is 44.2 Å². The predicted octanol–water partition coefficient (Wildman–Crippen LogP) is 4.19. The van der Waals surface area contributed by atoms with Crippen LogP contribution >= 0.6 is 11.3 Å². The SMILES string of the molecule is Cc1ncc(CC2(CNC(C)(C)C)CC3CCC2C3)s1. The molecule has 0 aliphatic heterocycles. The summed E-state index contributed by atoms with van der Waals surface area (Å²) in [6.45, 7) is 10.1. The molecule has 3 heteroatoms. The van der Waals surface area contributed by atoms with Crippen molar-refractivity contribution >= 4 is 11.3 Å². The van der Waals surface area contributed by atoms with Crippen molar-refractivity contribution in [2.24, 2.45) is 17.3 Å². The zero-order valence-electron chi connectivity index (χ0n) is 13.3. The van der Waals surface area contributed by atoms with Crippen molar-refractivity contribution in [3.63, 3.8) is 0 Å². The van der Waals surface area contributed by atoms with Crippen LogP contribution < -0.4 is 5.32 Å². The molecule has 3 rings (SSSR count). The van der Waals surface area contributed by atoms with E-state index in [-0.39, 0.29) is 5.54 Å². The number of hydrogen-bond donors (Lipinski definition) is 1. The molecule has 2 aliphatic carbocycles. The molecule has 2 nitrogen and oxygen atoms in total. The molecular weight excluding hydrogens is 264 g/mol. The fourth-order valence-corrected chi connectivity index (χ4v) is 5.28. The van der Waals surface area contributed by atoms with E-state index < -0.39 is 0 Å². The average molecular weight is 292 g/mol. The fraction of sp³-hybridized carbons (Fsp3) is 0.824. The molecule has 2 aliphatic rings. The van der Waals surface area contributed by atoms with Crippen molar-refractivity contribution < 1.29 is 0 Å². The summed E-state index contributed by atoms with van der Waals surface area (Å²) in [4.78, 5) is 5.95. The van der Waals surface area contributed by atoms with E-state index in [1.807, 2.05) is 11.3 Å². The molecular formula is C17H28N2S. The molecule has 0 saturated heterocycles. The monoisotopic (exact) mass is 292 g/mol. The minimum absolute atomic E-state index is 0.221. The minimum atomic E-state index is 0.221. The van der Waals surface area contributed by atoms with Gasteiger partial charge in [-0.15, -0.1) is 11.3 Å². The van der Waals surface area contributed by atoms with Crippen LogP contribution in [0.15, 0.2) is 6.20 Å². The number of fused-ring (bicyclic) bond motifs is 2. The van der Waals surface area contributed by atoms with Crippen molar-refractivity contribution in [1.29, 1.82) is 0 Å². The molecule has 1 heterocycles. The highest BCUT2D eigenvalue weighted by molar-refractivity contribution is 7.11. The quantitative estimate of drug-likeness (QED) is 0.900. The highest BCUT2D eigenvalue weighted by Crippen LogP contribution is 2.57. The van der Waals surface area contributed by atoms with Crippen LogP contribution in [0.25, 0.3) is 0 Å². The smallest absolute Gasteiger partial charge is 0.0896 e. The van der Waals surface area contributed by atoms with E-state index in [1.54, 1.807) is 0 Å². The summed E-state index contributed by atoms with van der Waals surface area (Å²) in [5.41, 5.74) is 0.716. The molecule has 3 unspecified atom stereocenters. The molecule has 0 radical (unpaired) electrons. The van der Waals surface area contributed by atoms with Gasteiger partial charge < -0.3 is 5.32 Å². The lowest BCUT2D eigenvalue weighted by Crippen LogP contribution is -2.47. The second-order valence-corrected chi connectivity index (χ2v) is 9.39. The molecule has 0 amide bonds. The van der Waals surface area contributed by atoms with Gasteiger partial charge >= 0.3 is 0 Å². The molecule has 3 atom stereocenters. The topological polar surface area (TPSA) is 24.9 Å². The maximum Gasteiger partial charge on any atom is 0.0896 e. The molecule has 1 aromatic rings. The van der Waals surface area contributed by atoms with Gasteiger partial charge in [-0.05, 0) is 70.6 Å². The molecule has 0 aromatic carbocycles. The number of aryl methyl sites for hydroxylation is 1. The van der Waals surface area contributed by atoms with E-state index in [0.717, 1.165) is 11.8 Å². The Bertz CT molecular complexity index is 474. The molecule has 2 saturated carbocycles. The second-order valence-electron chi connectivity index (χ2n) is 8.07. The van der Waals surface area contributed by atoms with Crippen LogP contribution in [0, 0.1) is 24.2 Å². The van der Waals surface area contributed by atoms with Gasteiger partial charge in [-0.25, -0.2) is 4.98 Å². The standard InChI is InChI=1S/C17H28N2S/c1-12-18-10-15(20-12)9-17(11-19-16(2,3)4)8-13-5-6-14(17)7-13/h10,13-14,19H,5-9,11H2,1-4H3. The second kappa shape index (κ2) is 5.10. The Morgan fingerprint density at radius 3 is 2.70 bits per heavy atom. The Morgan fingerprint density at radius 1 is 1.40 bits per heavy atom. The summed E-state index contributed by atoms with van der Waals surface area (Å²) in [5.74, 6) is 1.93. The van der Waals surface area contributed by atoms with E-state index >= 15 is 0 Å². The van der Waals surface area contributed by atoms with Gasteiger partial charge in [0.1, 0.15) is 0 Å². The minimum Gasteiger partial charge on any atom is -0.311 e. The first kappa shape index (κ1) is 14.5. The zero-order valence-corrected chi connectivity index (χ0v) is 14.1. The summed E-state index contributed by atoms with van der Waals surface area (Å²) in [7, 11) is 0. The van der Waals surface area contributed by atoms with Crippen molar-refractivity contribution in [3.8, 4) is 0 Å². The van der Waals surface area contributed by atoms with Gasteiger partial charge in [0.2, 0.25) is 0 Å². The third-order valence-electron chi connectivity index (χ3n) is 5.27. The summed E-state index contributed by atoms with van der Waals surface area (Å²) >= 11 is 1.89. The van der Waals surface area contributed by atoms with Crippen molar-refractivity contribution in [2.75, 3.05) is 6.54 Å². The van der Waals surface area contributed by atoms with Crippen LogP contribution in [-0.2, 0) is 6.42 Å². The van der Waals surface area contributed by atoms with Crippen molar-refractivity contribution in [3.05, 3.63) is 16.1 Å². The number of rotatable bonds is 4. The maximum atomic E-state index is 4.46. The molecule has 2 fully saturated rings. The summed E-state index contributed by atoms with van der Waals surface area (Å²) in [6, 6.07) is 0. The van der Waals surface area contributed by atoms with Gasteiger partial charge in [-0.2, -0.15) is 0 Å². The van der Waals surface area contributed by atoms with Gasteiger partial charge in [0.25, 0.3) is 0 Å². The number of nitrogens with zero attached hydrogens (tertiary/aromatic N) is 1. The first-order chi connectivity index (χ1) is 9.36. The van der Waals surface area contributed by atoms with Crippen LogP contribution in [-0.4, -0.2) is 17.1 Å². The molecule has 1 N–H and O–H groups in total. The number of nitrogens with one attached hydrogen (secondary N) is 1. The molecule has 2 bridgehead atoms. The van der Waals surface area contributed by atoms with Gasteiger partial charge in [0, 0.05) is 23.2 Å². The number of hydrogen-bond acceptors (Lipinski definition) is 3. The Balaban J connectivity index is 1.77. The van der Waals surface area contributed by atoms with Crippen LogP contribution in [0.3, 0.4) is 0 Å². The fourth-order valence-electron chi connectivity index (χ4n) is 4.33. The number of aromatic nitrogens is 1. The van der Waals surface area contributed by atoms with Gasteiger partial charge in [-0.1, -0.05) is 6.42 Å². The van der Waals surface area contributed by atoms with Gasteiger partial charge in [0.05, 0.1) is 5.01 Å². The van der Waals surface area contributed by atoms with Crippen molar-refractivity contribution in [2.45, 2.75) is 65.3 Å². The average Bonchev–Trinajstić information content (AvgIpc) is 3.02. The summed E-state index contributed by atoms with van der Waals surface area (Å²) in [6.07, 6.45) is 9.19. The normalized spacial score (nSPS) is 33.0. The molecule has 1 aromatic heterocycles. The van der Waals surface area contributed by atoms with Crippen molar-refractivity contribution in [1.82, 2.24) is 10.3 Å². The Labute approximate surface area is 127 Å². The lowest BCUT2D eigenvalue weighted by Gasteiger charge is -2.40. The lowest BCUT2D eigenvalue weighted by molar-refractivity contribution is 0.144. The molecule has 0 spiro atoms. The van der Waals surface area contributed by atoms with Crippen LogP contribution in [0.2, 0.25) is 0 Å². The van der Waals surface area contributed by atoms with Crippen LogP contribution in [0.4, 0.5) is 0 Å². The Morgan fingerprint density at radius 2 is 2.20 bits per heavy atom. The summed E-state index contributed by atoms with van der Waals surface area (Å²) in [5, 5.41) is 5.01. The maximum absolute atomic E-state index is 4.46. The van der Waals surface area contributed by atoms with Crippen LogP contribution in [0.1, 0.15) is 56.3 Å². The highest BCUT2D eigenvalue weighted by atomic mass is 32.1. The lowest BCUT2D eigenvalue weighted by atomic mass is 9.70. The predicted molar refractivity (Wildman–Crippen MR) is 86.2 cm³/mol. The first-order valence-corrected chi connectivity index (χ1v) is 8.84. The van der Waals surface area contributed by atoms with E-state index in [4.69, 9.17) is 0 Å². The largest absolute Gasteiger partial charge is 0.311 e. The van der Waals surface area contributed by atoms with E-state index in [0.29, 0.717) is 5.41 Å². The highest BCUT2D eigenvalue weighted by Gasteiger charge is 2.50. The van der Waals surface area contributed by atoms with Crippen LogP contribution in [0.5, 0.6) is 0 Å². The van der Waals surface area contributed by atoms with E-state index in [9.17, 15) is 0 Å². The summed E-state index contributed by atoms with van der Waals surface area (Å²) < 4.78 is 0. The first-order valence-electron chi connectivity index (χ1n) is 8.03. The zero-order chi connectivity index (χ0) is 14.4. The molecule has 112 valence electrons. The van der Waals surface area contributed by atoms with Gasteiger partial charge in [-0.3, -0.25) is 0 Å². The Hall–Kier alpha value is -0.410. The number of thiazole rings is 1. The van der Waals surface area contributed by atoms with Gasteiger partial charge in [0.15, 0.2) is 0 Å². The third-order valence-corrected chi connectivity index (χ3v) is 6.18.